The molecule has 0 amide bonds. The van der Waals surface area contributed by atoms with Crippen LogP contribution in [0, 0.1) is 6.92 Å². The molecule has 0 aliphatic carbocycles. The summed E-state index contributed by atoms with van der Waals surface area (Å²) in [6, 6.07) is 20.5. The molecule has 0 bridgehead atoms. The highest BCUT2D eigenvalue weighted by Gasteiger charge is 2.19. The lowest BCUT2D eigenvalue weighted by Crippen LogP contribution is -2.18. The molecule has 0 aliphatic heterocycles. The number of fused-ring (bicyclic) bond motifs is 2. The van der Waals surface area contributed by atoms with Crippen LogP contribution < -0.4 is 5.56 Å². The average Bonchev–Trinajstić information content (AvgIpc) is 3.21. The standard InChI is InChI=1S/C26H18ClN3O2/c1-15-6-8-16(9-7-15)24-18-14-17(27)10-11-19(18)30-26(32)25(24)22(31)12-13-23-28-20-4-2-3-5-21(20)29-23/h2-14H,1H3,(H,28,29)(H,30,32)/b13-12+. The maximum Gasteiger partial charge on any atom is 0.260 e. The Labute approximate surface area is 188 Å². The fraction of sp³-hybridized carbons (Fsp3) is 0.0385. The van der Waals surface area contributed by atoms with Crippen LogP contribution >= 0.6 is 11.6 Å². The van der Waals surface area contributed by atoms with Crippen molar-refractivity contribution in [1.29, 1.82) is 0 Å². The van der Waals surface area contributed by atoms with E-state index in [1.165, 1.54) is 6.08 Å². The zero-order valence-corrected chi connectivity index (χ0v) is 17.9. The number of aromatic nitrogens is 3. The molecule has 5 rings (SSSR count). The van der Waals surface area contributed by atoms with Gasteiger partial charge in [0.25, 0.3) is 5.56 Å². The molecule has 0 fully saturated rings. The molecule has 2 heterocycles. The van der Waals surface area contributed by atoms with Gasteiger partial charge >= 0.3 is 0 Å². The summed E-state index contributed by atoms with van der Waals surface area (Å²) in [6.07, 6.45) is 2.96. The van der Waals surface area contributed by atoms with Gasteiger partial charge in [0.2, 0.25) is 0 Å². The van der Waals surface area contributed by atoms with Crippen LogP contribution in [0.1, 0.15) is 21.7 Å². The molecule has 0 unspecified atom stereocenters. The first kappa shape index (κ1) is 20.0. The number of hydrogen-bond donors (Lipinski definition) is 2. The molecule has 0 spiro atoms. The van der Waals surface area contributed by atoms with E-state index >= 15 is 0 Å². The Kier molecular flexibility index (Phi) is 4.96. The fourth-order valence-corrected chi connectivity index (χ4v) is 3.98. The van der Waals surface area contributed by atoms with Gasteiger partial charge in [0.15, 0.2) is 5.78 Å². The molecule has 5 aromatic rings. The third-order valence-electron chi connectivity index (χ3n) is 5.36. The van der Waals surface area contributed by atoms with Gasteiger partial charge in [-0.25, -0.2) is 4.98 Å². The summed E-state index contributed by atoms with van der Waals surface area (Å²) in [5.41, 5.74) is 4.33. The molecule has 2 N–H and O–H groups in total. The van der Waals surface area contributed by atoms with Crippen molar-refractivity contribution < 1.29 is 4.79 Å². The molecule has 6 heteroatoms. The van der Waals surface area contributed by atoms with Crippen molar-refractivity contribution in [3.63, 3.8) is 0 Å². The molecule has 156 valence electrons. The van der Waals surface area contributed by atoms with Crippen LogP contribution in [0.25, 0.3) is 39.1 Å². The molecule has 0 saturated carbocycles. The van der Waals surface area contributed by atoms with E-state index in [0.29, 0.717) is 27.3 Å². The minimum Gasteiger partial charge on any atom is -0.338 e. The number of imidazole rings is 1. The fourth-order valence-electron chi connectivity index (χ4n) is 3.81. The highest BCUT2D eigenvalue weighted by atomic mass is 35.5. The first-order chi connectivity index (χ1) is 15.5. The van der Waals surface area contributed by atoms with E-state index in [-0.39, 0.29) is 5.56 Å². The van der Waals surface area contributed by atoms with Gasteiger partial charge < -0.3 is 9.97 Å². The number of carbonyl (C=O) groups excluding carboxylic acids is 1. The number of rotatable bonds is 4. The Balaban J connectivity index is 1.67. The predicted octanol–water partition coefficient (Wildman–Crippen LogP) is 5.93. The number of allylic oxidation sites excluding steroid dienone is 1. The van der Waals surface area contributed by atoms with E-state index in [0.717, 1.165) is 22.2 Å². The van der Waals surface area contributed by atoms with Crippen LogP contribution in [0.2, 0.25) is 5.02 Å². The van der Waals surface area contributed by atoms with E-state index in [1.807, 2.05) is 55.5 Å². The van der Waals surface area contributed by atoms with Crippen molar-refractivity contribution in [2.75, 3.05) is 0 Å². The highest BCUT2D eigenvalue weighted by molar-refractivity contribution is 6.31. The molecule has 5 nitrogen and oxygen atoms in total. The second kappa shape index (κ2) is 7.94. The molecule has 32 heavy (non-hydrogen) atoms. The van der Waals surface area contributed by atoms with Crippen LogP contribution in [0.4, 0.5) is 0 Å². The first-order valence-corrected chi connectivity index (χ1v) is 10.5. The Hall–Kier alpha value is -3.96. The lowest BCUT2D eigenvalue weighted by Gasteiger charge is -2.12. The number of pyridine rings is 1. The third kappa shape index (κ3) is 3.63. The predicted molar refractivity (Wildman–Crippen MR) is 129 cm³/mol. The molecule has 2 aromatic heterocycles. The number of halogens is 1. The van der Waals surface area contributed by atoms with Gasteiger partial charge in [0.1, 0.15) is 5.82 Å². The lowest BCUT2D eigenvalue weighted by molar-refractivity contribution is 0.104. The zero-order valence-electron chi connectivity index (χ0n) is 17.1. The summed E-state index contributed by atoms with van der Waals surface area (Å²) in [4.78, 5) is 36.7. The Morgan fingerprint density at radius 2 is 1.75 bits per heavy atom. The summed E-state index contributed by atoms with van der Waals surface area (Å²) in [5, 5.41) is 1.23. The summed E-state index contributed by atoms with van der Waals surface area (Å²) in [5.74, 6) is 0.126. The maximum absolute atomic E-state index is 13.3. The number of carbonyl (C=O) groups is 1. The number of benzene rings is 3. The minimum absolute atomic E-state index is 0.0657. The average molecular weight is 440 g/mol. The topological polar surface area (TPSA) is 78.6 Å². The van der Waals surface area contributed by atoms with Gasteiger partial charge in [-0.2, -0.15) is 0 Å². The Morgan fingerprint density at radius 3 is 2.53 bits per heavy atom. The van der Waals surface area contributed by atoms with Crippen molar-refractivity contribution in [3.05, 3.63) is 105 Å². The minimum atomic E-state index is -0.449. The van der Waals surface area contributed by atoms with Crippen molar-refractivity contribution in [1.82, 2.24) is 15.0 Å². The summed E-state index contributed by atoms with van der Waals surface area (Å²) >= 11 is 6.25. The van der Waals surface area contributed by atoms with Gasteiger partial charge in [-0.05, 0) is 55.0 Å². The number of para-hydroxylation sites is 2. The van der Waals surface area contributed by atoms with E-state index < -0.39 is 11.3 Å². The maximum atomic E-state index is 13.3. The third-order valence-corrected chi connectivity index (χ3v) is 5.60. The van der Waals surface area contributed by atoms with Crippen molar-refractivity contribution in [3.8, 4) is 11.1 Å². The number of aromatic amines is 2. The molecular weight excluding hydrogens is 422 g/mol. The summed E-state index contributed by atoms with van der Waals surface area (Å²) in [6.45, 7) is 1.98. The number of nitrogens with zero attached hydrogens (tertiary/aromatic N) is 1. The number of hydrogen-bond acceptors (Lipinski definition) is 3. The number of nitrogens with one attached hydrogen (secondary N) is 2. The van der Waals surface area contributed by atoms with Crippen molar-refractivity contribution in [2.45, 2.75) is 6.92 Å². The highest BCUT2D eigenvalue weighted by Crippen LogP contribution is 2.32. The van der Waals surface area contributed by atoms with Crippen LogP contribution in [-0.2, 0) is 0 Å². The van der Waals surface area contributed by atoms with E-state index in [9.17, 15) is 9.59 Å². The van der Waals surface area contributed by atoms with E-state index in [2.05, 4.69) is 15.0 Å². The molecule has 0 radical (unpaired) electrons. The van der Waals surface area contributed by atoms with E-state index in [4.69, 9.17) is 11.6 Å². The SMILES string of the molecule is Cc1ccc(-c2c(C(=O)/C=C/c3nc4ccccc4[nH]3)c(=O)[nH]c3ccc(Cl)cc23)cc1. The normalized spacial score (nSPS) is 11.6. The van der Waals surface area contributed by atoms with Crippen LogP contribution in [0.15, 0.2) is 77.6 Å². The van der Waals surface area contributed by atoms with Gasteiger partial charge in [-0.15, -0.1) is 0 Å². The first-order valence-electron chi connectivity index (χ1n) is 10.1. The van der Waals surface area contributed by atoms with Gasteiger partial charge in [-0.3, -0.25) is 9.59 Å². The van der Waals surface area contributed by atoms with Crippen molar-refractivity contribution in [2.24, 2.45) is 0 Å². The van der Waals surface area contributed by atoms with Crippen LogP contribution in [-0.4, -0.2) is 20.7 Å². The van der Waals surface area contributed by atoms with Crippen molar-refractivity contribution >= 4 is 45.4 Å². The molecule has 0 aliphatic rings. The Bertz CT molecular complexity index is 1540. The number of ketones is 1. The zero-order chi connectivity index (χ0) is 22.2. The van der Waals surface area contributed by atoms with Crippen LogP contribution in [0.5, 0.6) is 0 Å². The lowest BCUT2D eigenvalue weighted by atomic mass is 9.93. The second-order valence-electron chi connectivity index (χ2n) is 7.60. The molecule has 3 aromatic carbocycles. The largest absolute Gasteiger partial charge is 0.338 e. The van der Waals surface area contributed by atoms with E-state index in [1.54, 1.807) is 24.3 Å². The quantitative estimate of drug-likeness (QED) is 0.269. The summed E-state index contributed by atoms with van der Waals surface area (Å²) < 4.78 is 0. The smallest absolute Gasteiger partial charge is 0.260 e. The van der Waals surface area contributed by atoms with Crippen LogP contribution in [0.3, 0.4) is 0 Å². The number of aryl methyl sites for hydroxylation is 1. The van der Waals surface area contributed by atoms with Gasteiger partial charge in [0.05, 0.1) is 16.6 Å². The molecule has 0 saturated heterocycles. The molecule has 0 atom stereocenters. The Morgan fingerprint density at radius 1 is 0.969 bits per heavy atom. The van der Waals surface area contributed by atoms with Gasteiger partial charge in [-0.1, -0.05) is 53.6 Å². The monoisotopic (exact) mass is 439 g/mol. The number of H-pyrrole nitrogens is 2. The van der Waals surface area contributed by atoms with Gasteiger partial charge in [0, 0.05) is 21.5 Å². The molecular formula is C26H18ClN3O2. The second-order valence-corrected chi connectivity index (χ2v) is 8.03. The summed E-state index contributed by atoms with van der Waals surface area (Å²) in [7, 11) is 0.